The van der Waals surface area contributed by atoms with Crippen molar-refractivity contribution >= 4 is 23.1 Å². The molecular formula is C10H15N5S2. The van der Waals surface area contributed by atoms with E-state index < -0.39 is 0 Å². The van der Waals surface area contributed by atoms with Crippen molar-refractivity contribution in [3.63, 3.8) is 0 Å². The Morgan fingerprint density at radius 2 is 2.12 bits per heavy atom. The number of thiazole rings is 1. The van der Waals surface area contributed by atoms with Crippen LogP contribution in [-0.2, 0) is 19.3 Å². The number of nitrogens with two attached hydrogens (primary N) is 1. The van der Waals surface area contributed by atoms with Gasteiger partial charge in [0.1, 0.15) is 10.8 Å². The van der Waals surface area contributed by atoms with E-state index in [0.29, 0.717) is 6.54 Å². The molecule has 0 aromatic carbocycles. The normalized spacial score (nSPS) is 11.1. The van der Waals surface area contributed by atoms with Crippen LogP contribution in [0, 0.1) is 13.8 Å². The molecular weight excluding hydrogens is 254 g/mol. The molecule has 0 radical (unpaired) electrons. The summed E-state index contributed by atoms with van der Waals surface area (Å²) in [5.41, 5.74) is 6.67. The number of nitrogens with zero attached hydrogens (tertiary/aromatic N) is 4. The highest BCUT2D eigenvalue weighted by molar-refractivity contribution is 7.98. The van der Waals surface area contributed by atoms with Gasteiger partial charge in [-0.3, -0.25) is 0 Å². The van der Waals surface area contributed by atoms with Crippen LogP contribution in [0.25, 0.3) is 0 Å². The molecule has 0 aliphatic carbocycles. The first-order chi connectivity index (χ1) is 8.11. The first-order valence-electron chi connectivity index (χ1n) is 5.26. The summed E-state index contributed by atoms with van der Waals surface area (Å²) in [5, 5.41) is 10.1. The van der Waals surface area contributed by atoms with E-state index >= 15 is 0 Å². The number of aromatic nitrogens is 4. The van der Waals surface area contributed by atoms with Gasteiger partial charge in [-0.1, -0.05) is 11.8 Å². The highest BCUT2D eigenvalue weighted by Gasteiger charge is 2.10. The predicted molar refractivity (Wildman–Crippen MR) is 70.0 cm³/mol. The molecule has 0 amide bonds. The van der Waals surface area contributed by atoms with Crippen molar-refractivity contribution in [3.05, 3.63) is 21.4 Å². The van der Waals surface area contributed by atoms with Crippen LogP contribution in [0.1, 0.15) is 21.4 Å². The highest BCUT2D eigenvalue weighted by Crippen LogP contribution is 2.25. The van der Waals surface area contributed by atoms with Gasteiger partial charge < -0.3 is 10.3 Å². The maximum absolute atomic E-state index is 5.55. The second-order valence-corrected chi connectivity index (χ2v) is 5.93. The second kappa shape index (κ2) is 5.16. The Morgan fingerprint density at radius 1 is 1.35 bits per heavy atom. The molecule has 2 aromatic heterocycles. The SMILES string of the molecule is Cc1nc(CSc2nnc(CN)n2C)sc1C. The van der Waals surface area contributed by atoms with Gasteiger partial charge in [-0.2, -0.15) is 0 Å². The molecule has 0 atom stereocenters. The Balaban J connectivity index is 2.04. The topological polar surface area (TPSA) is 69.6 Å². The van der Waals surface area contributed by atoms with Gasteiger partial charge in [-0.25, -0.2) is 4.98 Å². The van der Waals surface area contributed by atoms with Crippen molar-refractivity contribution in [3.8, 4) is 0 Å². The van der Waals surface area contributed by atoms with Crippen molar-refractivity contribution in [2.24, 2.45) is 12.8 Å². The van der Waals surface area contributed by atoms with Crippen LogP contribution < -0.4 is 5.73 Å². The fourth-order valence-corrected chi connectivity index (χ4v) is 3.23. The molecule has 17 heavy (non-hydrogen) atoms. The number of hydrogen-bond acceptors (Lipinski definition) is 6. The lowest BCUT2D eigenvalue weighted by molar-refractivity contribution is 0.734. The number of hydrogen-bond donors (Lipinski definition) is 1. The lowest BCUT2D eigenvalue weighted by Gasteiger charge is -2.00. The van der Waals surface area contributed by atoms with Gasteiger partial charge in [0.25, 0.3) is 0 Å². The van der Waals surface area contributed by atoms with Gasteiger partial charge in [0, 0.05) is 11.9 Å². The van der Waals surface area contributed by atoms with E-state index in [4.69, 9.17) is 5.73 Å². The zero-order chi connectivity index (χ0) is 12.4. The van der Waals surface area contributed by atoms with E-state index in [9.17, 15) is 0 Å². The molecule has 7 heteroatoms. The molecule has 5 nitrogen and oxygen atoms in total. The molecule has 0 fully saturated rings. The summed E-state index contributed by atoms with van der Waals surface area (Å²) >= 11 is 3.38. The Hall–Kier alpha value is -0.920. The third-order valence-electron chi connectivity index (χ3n) is 2.51. The van der Waals surface area contributed by atoms with E-state index in [-0.39, 0.29) is 0 Å². The van der Waals surface area contributed by atoms with Crippen LogP contribution in [-0.4, -0.2) is 19.7 Å². The van der Waals surface area contributed by atoms with Gasteiger partial charge >= 0.3 is 0 Å². The molecule has 0 aliphatic rings. The van der Waals surface area contributed by atoms with Crippen molar-refractivity contribution in [2.75, 3.05) is 0 Å². The summed E-state index contributed by atoms with van der Waals surface area (Å²) in [4.78, 5) is 5.78. The molecule has 0 bridgehead atoms. The van der Waals surface area contributed by atoms with Crippen molar-refractivity contribution in [2.45, 2.75) is 31.3 Å². The summed E-state index contributed by atoms with van der Waals surface area (Å²) < 4.78 is 1.93. The van der Waals surface area contributed by atoms with Crippen LogP contribution in [0.5, 0.6) is 0 Å². The van der Waals surface area contributed by atoms with E-state index in [1.807, 2.05) is 18.5 Å². The van der Waals surface area contributed by atoms with E-state index in [2.05, 4.69) is 22.1 Å². The average molecular weight is 269 g/mol. The molecule has 2 rings (SSSR count). The minimum absolute atomic E-state index is 0.416. The second-order valence-electron chi connectivity index (χ2n) is 3.70. The van der Waals surface area contributed by atoms with Crippen LogP contribution in [0.2, 0.25) is 0 Å². The Kier molecular flexibility index (Phi) is 3.80. The van der Waals surface area contributed by atoms with Crippen LogP contribution in [0.4, 0.5) is 0 Å². The first-order valence-corrected chi connectivity index (χ1v) is 7.06. The molecule has 0 saturated carbocycles. The first kappa shape index (κ1) is 12.5. The minimum atomic E-state index is 0.416. The highest BCUT2D eigenvalue weighted by atomic mass is 32.2. The number of rotatable bonds is 4. The fourth-order valence-electron chi connectivity index (χ4n) is 1.38. The average Bonchev–Trinajstić information content (AvgIpc) is 2.81. The summed E-state index contributed by atoms with van der Waals surface area (Å²) in [7, 11) is 1.93. The van der Waals surface area contributed by atoms with E-state index in [1.165, 1.54) is 4.88 Å². The van der Waals surface area contributed by atoms with Crippen molar-refractivity contribution < 1.29 is 0 Å². The third kappa shape index (κ3) is 2.67. The van der Waals surface area contributed by atoms with Gasteiger partial charge in [-0.05, 0) is 13.8 Å². The van der Waals surface area contributed by atoms with Gasteiger partial charge in [0.2, 0.25) is 0 Å². The standard InChI is InChI=1S/C10H15N5S2/c1-6-7(2)17-9(12-6)5-16-10-14-13-8(4-11)15(10)3/h4-5,11H2,1-3H3. The monoisotopic (exact) mass is 269 g/mol. The largest absolute Gasteiger partial charge is 0.324 e. The lowest BCUT2D eigenvalue weighted by Crippen LogP contribution is -2.05. The zero-order valence-electron chi connectivity index (χ0n) is 10.1. The fraction of sp³-hybridized carbons (Fsp3) is 0.500. The predicted octanol–water partition coefficient (Wildman–Crippen LogP) is 1.64. The summed E-state index contributed by atoms with van der Waals surface area (Å²) in [6.45, 7) is 4.55. The Labute approximate surface area is 108 Å². The molecule has 0 aliphatic heterocycles. The summed E-state index contributed by atoms with van der Waals surface area (Å²) in [6.07, 6.45) is 0. The van der Waals surface area contributed by atoms with Gasteiger partial charge in [-0.15, -0.1) is 21.5 Å². The molecule has 2 aromatic rings. The van der Waals surface area contributed by atoms with Crippen LogP contribution >= 0.6 is 23.1 Å². The number of aryl methyl sites for hydroxylation is 2. The molecule has 2 heterocycles. The quantitative estimate of drug-likeness (QED) is 0.854. The maximum Gasteiger partial charge on any atom is 0.191 e. The zero-order valence-corrected chi connectivity index (χ0v) is 11.7. The molecule has 0 unspecified atom stereocenters. The Bertz CT molecular complexity index is 497. The Morgan fingerprint density at radius 3 is 2.65 bits per heavy atom. The number of thioether (sulfide) groups is 1. The van der Waals surface area contributed by atoms with Gasteiger partial charge in [0.15, 0.2) is 5.16 Å². The van der Waals surface area contributed by atoms with E-state index in [1.54, 1.807) is 23.1 Å². The minimum Gasteiger partial charge on any atom is -0.324 e. The van der Waals surface area contributed by atoms with Crippen molar-refractivity contribution in [1.82, 2.24) is 19.7 Å². The summed E-state index contributed by atoms with van der Waals surface area (Å²) in [6, 6.07) is 0. The molecule has 0 spiro atoms. The molecule has 0 saturated heterocycles. The molecule has 92 valence electrons. The van der Waals surface area contributed by atoms with Crippen molar-refractivity contribution in [1.29, 1.82) is 0 Å². The summed E-state index contributed by atoms with van der Waals surface area (Å²) in [5.74, 6) is 1.63. The van der Waals surface area contributed by atoms with Gasteiger partial charge in [0.05, 0.1) is 18.0 Å². The lowest BCUT2D eigenvalue weighted by atomic mass is 10.4. The van der Waals surface area contributed by atoms with E-state index in [0.717, 1.165) is 27.4 Å². The molecule has 2 N–H and O–H groups in total. The maximum atomic E-state index is 5.55. The smallest absolute Gasteiger partial charge is 0.191 e. The van der Waals surface area contributed by atoms with Crippen LogP contribution in [0.3, 0.4) is 0 Å². The van der Waals surface area contributed by atoms with Crippen LogP contribution in [0.15, 0.2) is 5.16 Å². The third-order valence-corrected chi connectivity index (χ3v) is 4.79.